The molecule has 0 radical (unpaired) electrons. The molecule has 1 aromatic rings. The van der Waals surface area contributed by atoms with Crippen LogP contribution in [0.15, 0.2) is 23.1 Å². The fourth-order valence-electron chi connectivity index (χ4n) is 1.43. The lowest BCUT2D eigenvalue weighted by Gasteiger charge is -2.22. The molecule has 0 spiro atoms. The molecule has 0 atom stereocenters. The molecule has 0 saturated heterocycles. The van der Waals surface area contributed by atoms with Crippen LogP contribution in [-0.2, 0) is 10.0 Å². The first-order valence-electron chi connectivity index (χ1n) is 5.30. The van der Waals surface area contributed by atoms with Crippen LogP contribution in [0.4, 0.5) is 23.2 Å². The van der Waals surface area contributed by atoms with Crippen molar-refractivity contribution in [1.82, 2.24) is 4.31 Å². The number of sulfonamides is 1. The van der Waals surface area contributed by atoms with E-state index in [1.165, 1.54) is 0 Å². The van der Waals surface area contributed by atoms with Crippen molar-refractivity contribution >= 4 is 15.7 Å². The van der Waals surface area contributed by atoms with E-state index >= 15 is 0 Å². The fraction of sp³-hybridized carbons (Fsp3) is 0.400. The zero-order valence-corrected chi connectivity index (χ0v) is 10.9. The summed E-state index contributed by atoms with van der Waals surface area (Å²) >= 11 is 0. The van der Waals surface area contributed by atoms with E-state index in [0.29, 0.717) is 0 Å². The van der Waals surface area contributed by atoms with Gasteiger partial charge in [0.15, 0.2) is 0 Å². The Morgan fingerprint density at radius 1 is 1.30 bits per heavy atom. The summed E-state index contributed by atoms with van der Waals surface area (Å²) in [5, 5.41) is 8.68. The van der Waals surface area contributed by atoms with E-state index in [9.17, 15) is 26.0 Å². The average Bonchev–Trinajstić information content (AvgIpc) is 2.30. The summed E-state index contributed by atoms with van der Waals surface area (Å²) in [4.78, 5) is -0.575. The smallest absolute Gasteiger partial charge is 0.396 e. The minimum atomic E-state index is -4.77. The lowest BCUT2D eigenvalue weighted by Crippen LogP contribution is -2.40. The predicted octanol–water partition coefficient (Wildman–Crippen LogP) is 0.953. The first-order valence-corrected chi connectivity index (χ1v) is 6.74. The van der Waals surface area contributed by atoms with Crippen LogP contribution in [0.3, 0.4) is 0 Å². The van der Waals surface area contributed by atoms with Gasteiger partial charge in [0, 0.05) is 6.54 Å². The van der Waals surface area contributed by atoms with Gasteiger partial charge in [-0.25, -0.2) is 12.8 Å². The van der Waals surface area contributed by atoms with Crippen LogP contribution in [0.1, 0.15) is 0 Å². The zero-order valence-electron chi connectivity index (χ0n) is 10.1. The first kappa shape index (κ1) is 16.7. The zero-order chi connectivity index (χ0) is 15.6. The number of nitrogen functional groups attached to an aromatic ring is 1. The molecule has 0 bridgehead atoms. The summed E-state index contributed by atoms with van der Waals surface area (Å²) < 4.78 is 74.0. The molecular formula is C10H12F4N2O3S. The van der Waals surface area contributed by atoms with Gasteiger partial charge in [0.05, 0.1) is 17.2 Å². The second-order valence-corrected chi connectivity index (χ2v) is 5.80. The topological polar surface area (TPSA) is 83.6 Å². The monoisotopic (exact) mass is 316 g/mol. The summed E-state index contributed by atoms with van der Waals surface area (Å²) in [5.74, 6) is -0.881. The van der Waals surface area contributed by atoms with Crippen molar-refractivity contribution in [2.45, 2.75) is 11.1 Å². The highest BCUT2D eigenvalue weighted by Gasteiger charge is 2.36. The Labute approximate surface area is 112 Å². The van der Waals surface area contributed by atoms with E-state index in [1.54, 1.807) is 0 Å². The Morgan fingerprint density at radius 2 is 1.90 bits per heavy atom. The van der Waals surface area contributed by atoms with Gasteiger partial charge in [-0.15, -0.1) is 0 Å². The normalized spacial score (nSPS) is 12.9. The summed E-state index contributed by atoms with van der Waals surface area (Å²) in [6.45, 7) is -3.28. The van der Waals surface area contributed by atoms with Crippen molar-refractivity contribution in [2.24, 2.45) is 0 Å². The molecule has 20 heavy (non-hydrogen) atoms. The van der Waals surface area contributed by atoms with Crippen molar-refractivity contribution in [1.29, 1.82) is 0 Å². The lowest BCUT2D eigenvalue weighted by atomic mass is 10.3. The van der Waals surface area contributed by atoms with E-state index in [1.807, 2.05) is 0 Å². The summed E-state index contributed by atoms with van der Waals surface area (Å²) in [7, 11) is -4.53. The third kappa shape index (κ3) is 4.05. The second-order valence-electron chi connectivity index (χ2n) is 3.86. The van der Waals surface area contributed by atoms with Gasteiger partial charge in [0.2, 0.25) is 10.0 Å². The maximum atomic E-state index is 13.0. The number of halogens is 4. The number of anilines is 1. The Morgan fingerprint density at radius 3 is 2.35 bits per heavy atom. The molecule has 0 aliphatic heterocycles. The van der Waals surface area contributed by atoms with Gasteiger partial charge in [-0.3, -0.25) is 0 Å². The standard InChI is InChI=1S/C10H12F4N2O3S/c11-8-2-1-7(5-9(8)15)20(18,19)16(3-4-17)6-10(12,13)14/h1-2,5,17H,3-4,6,15H2. The van der Waals surface area contributed by atoms with Crippen LogP contribution in [0.25, 0.3) is 0 Å². The van der Waals surface area contributed by atoms with Gasteiger partial charge in [0.25, 0.3) is 0 Å². The molecule has 114 valence electrons. The lowest BCUT2D eigenvalue weighted by molar-refractivity contribution is -0.136. The van der Waals surface area contributed by atoms with Gasteiger partial charge in [-0.05, 0) is 18.2 Å². The number of nitrogens with zero attached hydrogens (tertiary/aromatic N) is 1. The highest BCUT2D eigenvalue weighted by molar-refractivity contribution is 7.89. The predicted molar refractivity (Wildman–Crippen MR) is 62.7 cm³/mol. The average molecular weight is 316 g/mol. The van der Waals surface area contributed by atoms with Gasteiger partial charge in [-0.1, -0.05) is 0 Å². The van der Waals surface area contributed by atoms with Gasteiger partial charge < -0.3 is 10.8 Å². The minimum absolute atomic E-state index is 0.0552. The molecule has 0 saturated carbocycles. The summed E-state index contributed by atoms with van der Waals surface area (Å²) in [6, 6.07) is 2.28. The Kier molecular flexibility index (Phi) is 4.95. The number of hydrogen-bond acceptors (Lipinski definition) is 4. The molecule has 10 heteroatoms. The van der Waals surface area contributed by atoms with Crippen molar-refractivity contribution in [3.63, 3.8) is 0 Å². The van der Waals surface area contributed by atoms with Gasteiger partial charge in [-0.2, -0.15) is 17.5 Å². The number of benzene rings is 1. The molecule has 0 aliphatic carbocycles. The van der Waals surface area contributed by atoms with E-state index in [2.05, 4.69) is 0 Å². The highest BCUT2D eigenvalue weighted by atomic mass is 32.2. The van der Waals surface area contributed by atoms with Crippen molar-refractivity contribution in [3.8, 4) is 0 Å². The molecule has 3 N–H and O–H groups in total. The Bertz CT molecular complexity index is 574. The van der Waals surface area contributed by atoms with E-state index in [-0.39, 0.29) is 4.31 Å². The SMILES string of the molecule is Nc1cc(S(=O)(=O)N(CCO)CC(F)(F)F)ccc1F. The molecule has 1 rings (SSSR count). The van der Waals surface area contributed by atoms with Crippen LogP contribution in [0.5, 0.6) is 0 Å². The van der Waals surface area contributed by atoms with E-state index in [4.69, 9.17) is 10.8 Å². The third-order valence-electron chi connectivity index (χ3n) is 2.31. The minimum Gasteiger partial charge on any atom is -0.396 e. The van der Waals surface area contributed by atoms with E-state index < -0.39 is 52.3 Å². The Balaban J connectivity index is 3.18. The van der Waals surface area contributed by atoms with E-state index in [0.717, 1.165) is 18.2 Å². The summed E-state index contributed by atoms with van der Waals surface area (Å²) in [5.41, 5.74) is 4.69. The maximum absolute atomic E-state index is 13.0. The fourth-order valence-corrected chi connectivity index (χ4v) is 2.88. The molecular weight excluding hydrogens is 304 g/mol. The van der Waals surface area contributed by atoms with Crippen LogP contribution in [-0.4, -0.2) is 43.7 Å². The quantitative estimate of drug-likeness (QED) is 0.626. The molecule has 5 nitrogen and oxygen atoms in total. The molecule has 0 aromatic heterocycles. The number of aliphatic hydroxyl groups excluding tert-OH is 1. The van der Waals surface area contributed by atoms with Crippen LogP contribution < -0.4 is 5.73 Å². The molecule has 0 amide bonds. The second kappa shape index (κ2) is 5.94. The maximum Gasteiger partial charge on any atom is 0.402 e. The van der Waals surface area contributed by atoms with Crippen LogP contribution in [0, 0.1) is 5.82 Å². The van der Waals surface area contributed by atoms with Crippen LogP contribution >= 0.6 is 0 Å². The third-order valence-corrected chi connectivity index (χ3v) is 4.15. The first-order chi connectivity index (χ1) is 9.08. The number of aliphatic hydroxyl groups is 1. The Hall–Kier alpha value is -1.39. The number of hydrogen-bond donors (Lipinski definition) is 2. The van der Waals surface area contributed by atoms with Crippen molar-refractivity contribution < 1.29 is 31.1 Å². The highest BCUT2D eigenvalue weighted by Crippen LogP contribution is 2.24. The molecule has 1 aromatic carbocycles. The van der Waals surface area contributed by atoms with Crippen LogP contribution in [0.2, 0.25) is 0 Å². The summed E-state index contributed by atoms with van der Waals surface area (Å²) in [6.07, 6.45) is -4.77. The van der Waals surface area contributed by atoms with Crippen molar-refractivity contribution in [2.75, 3.05) is 25.4 Å². The molecule has 0 fully saturated rings. The van der Waals surface area contributed by atoms with Gasteiger partial charge >= 0.3 is 6.18 Å². The molecule has 0 aliphatic rings. The molecule has 0 unspecified atom stereocenters. The number of nitrogens with two attached hydrogens (primary N) is 1. The largest absolute Gasteiger partial charge is 0.402 e. The number of alkyl halides is 3. The van der Waals surface area contributed by atoms with Gasteiger partial charge in [0.1, 0.15) is 12.4 Å². The number of rotatable bonds is 5. The molecule has 0 heterocycles. The van der Waals surface area contributed by atoms with Crippen molar-refractivity contribution in [3.05, 3.63) is 24.0 Å².